The molecule has 1 aromatic carbocycles. The normalized spacial score (nSPS) is 10.0. The zero-order valence-electron chi connectivity index (χ0n) is 11.4. The van der Waals surface area contributed by atoms with Crippen molar-refractivity contribution in [1.29, 1.82) is 0 Å². The molecule has 0 heterocycles. The Morgan fingerprint density at radius 2 is 2.14 bits per heavy atom. The molecule has 0 saturated heterocycles. The van der Waals surface area contributed by atoms with Gasteiger partial charge in [0.1, 0.15) is 10.6 Å². The summed E-state index contributed by atoms with van der Waals surface area (Å²) in [7, 11) is 0. The molecule has 1 aromatic rings. The number of nitrogens with zero attached hydrogens (tertiary/aromatic N) is 1. The van der Waals surface area contributed by atoms with Crippen LogP contribution >= 0.6 is 11.6 Å². The minimum absolute atomic E-state index is 0.0980. The second-order valence-corrected chi connectivity index (χ2v) is 4.46. The molecule has 0 aliphatic carbocycles. The lowest BCUT2D eigenvalue weighted by Gasteiger charge is -2.06. The first kappa shape index (κ1) is 16.9. The van der Waals surface area contributed by atoms with Crippen LogP contribution in [0.15, 0.2) is 18.2 Å². The number of rotatable bonds is 7. The molecule has 0 bridgehead atoms. The summed E-state index contributed by atoms with van der Waals surface area (Å²) in [5.74, 6) is -0.950. The molecule has 0 atom stereocenters. The first-order chi connectivity index (χ1) is 9.97. The summed E-state index contributed by atoms with van der Waals surface area (Å²) in [5.41, 5.74) is -0.536. The van der Waals surface area contributed by atoms with Crippen LogP contribution in [0.25, 0.3) is 0 Å². The molecule has 7 nitrogen and oxygen atoms in total. The van der Waals surface area contributed by atoms with Gasteiger partial charge in [-0.1, -0.05) is 17.7 Å². The quantitative estimate of drug-likeness (QED) is 0.360. The Morgan fingerprint density at radius 1 is 1.43 bits per heavy atom. The third kappa shape index (κ3) is 5.03. The summed E-state index contributed by atoms with van der Waals surface area (Å²) in [6.45, 7) is 2.22. The second kappa shape index (κ2) is 8.21. The van der Waals surface area contributed by atoms with Crippen LogP contribution in [0.1, 0.15) is 30.1 Å². The number of hydrogen-bond donors (Lipinski definition) is 1. The van der Waals surface area contributed by atoms with E-state index >= 15 is 0 Å². The molecule has 0 spiro atoms. The van der Waals surface area contributed by atoms with E-state index < -0.39 is 16.5 Å². The van der Waals surface area contributed by atoms with E-state index in [2.05, 4.69) is 5.32 Å². The van der Waals surface area contributed by atoms with E-state index in [1.165, 1.54) is 18.2 Å². The molecule has 1 rings (SSSR count). The zero-order chi connectivity index (χ0) is 15.8. The number of nitro benzene ring substituents is 1. The molecular weight excluding hydrogens is 300 g/mol. The molecular formula is C13H15ClN2O5. The summed E-state index contributed by atoms with van der Waals surface area (Å²) >= 11 is 5.72. The number of halogens is 1. The van der Waals surface area contributed by atoms with Gasteiger partial charge in [0, 0.05) is 13.0 Å². The lowest BCUT2D eigenvalue weighted by atomic mass is 10.1. The number of ether oxygens (including phenoxy) is 1. The maximum absolute atomic E-state index is 11.9. The second-order valence-electron chi connectivity index (χ2n) is 4.06. The molecule has 0 aliphatic rings. The number of carbonyl (C=O) groups excluding carboxylic acids is 2. The molecule has 114 valence electrons. The van der Waals surface area contributed by atoms with Crippen LogP contribution in [0.3, 0.4) is 0 Å². The first-order valence-corrected chi connectivity index (χ1v) is 6.71. The summed E-state index contributed by atoms with van der Waals surface area (Å²) in [4.78, 5) is 33.2. The van der Waals surface area contributed by atoms with E-state index in [1.807, 2.05) is 0 Å². The van der Waals surface area contributed by atoms with Gasteiger partial charge >= 0.3 is 11.7 Å². The van der Waals surface area contributed by atoms with Crippen molar-refractivity contribution in [3.63, 3.8) is 0 Å². The van der Waals surface area contributed by atoms with Crippen molar-refractivity contribution < 1.29 is 19.2 Å². The Hall–Kier alpha value is -2.15. The molecule has 0 fully saturated rings. The van der Waals surface area contributed by atoms with E-state index in [1.54, 1.807) is 6.92 Å². The van der Waals surface area contributed by atoms with Crippen molar-refractivity contribution in [3.05, 3.63) is 38.9 Å². The number of para-hydroxylation sites is 1. The van der Waals surface area contributed by atoms with Crippen LogP contribution in [0.5, 0.6) is 0 Å². The fourth-order valence-corrected chi connectivity index (χ4v) is 1.89. The Kier molecular flexibility index (Phi) is 6.61. The van der Waals surface area contributed by atoms with Gasteiger partial charge in [0.05, 0.1) is 11.5 Å². The number of amides is 1. The number of esters is 1. The van der Waals surface area contributed by atoms with E-state index in [0.717, 1.165) is 0 Å². The van der Waals surface area contributed by atoms with E-state index in [9.17, 15) is 19.7 Å². The van der Waals surface area contributed by atoms with Crippen LogP contribution < -0.4 is 5.32 Å². The number of nitro groups is 1. The highest BCUT2D eigenvalue weighted by Crippen LogP contribution is 2.27. The summed E-state index contributed by atoms with van der Waals surface area (Å²) < 4.78 is 4.74. The largest absolute Gasteiger partial charge is 0.466 e. The predicted molar refractivity (Wildman–Crippen MR) is 76.3 cm³/mol. The van der Waals surface area contributed by atoms with Gasteiger partial charge in [0.15, 0.2) is 0 Å². The summed E-state index contributed by atoms with van der Waals surface area (Å²) in [5, 5.41) is 13.3. The van der Waals surface area contributed by atoms with Crippen LogP contribution in [0.2, 0.25) is 5.02 Å². The predicted octanol–water partition coefficient (Wildman–Crippen LogP) is 2.32. The molecule has 1 amide bonds. The van der Waals surface area contributed by atoms with Gasteiger partial charge in [-0.15, -0.1) is 0 Å². The minimum atomic E-state index is -0.699. The van der Waals surface area contributed by atoms with E-state index in [-0.39, 0.29) is 29.5 Å². The van der Waals surface area contributed by atoms with Crippen molar-refractivity contribution in [2.45, 2.75) is 19.8 Å². The van der Waals surface area contributed by atoms with Crippen molar-refractivity contribution in [1.82, 2.24) is 5.32 Å². The van der Waals surface area contributed by atoms with Crippen molar-refractivity contribution >= 4 is 29.2 Å². The van der Waals surface area contributed by atoms with Crippen molar-refractivity contribution in [3.8, 4) is 0 Å². The smallest absolute Gasteiger partial charge is 0.305 e. The fourth-order valence-electron chi connectivity index (χ4n) is 1.65. The van der Waals surface area contributed by atoms with Gasteiger partial charge in [0.2, 0.25) is 0 Å². The van der Waals surface area contributed by atoms with E-state index in [4.69, 9.17) is 16.3 Å². The SMILES string of the molecule is CCOC(=O)CCCNC(=O)c1cccc(Cl)c1[N+](=O)[O-]. The maximum Gasteiger partial charge on any atom is 0.305 e. The van der Waals surface area contributed by atoms with Crippen molar-refractivity contribution in [2.75, 3.05) is 13.2 Å². The molecule has 8 heteroatoms. The highest BCUT2D eigenvalue weighted by Gasteiger charge is 2.23. The summed E-state index contributed by atoms with van der Waals surface area (Å²) in [6, 6.07) is 4.13. The molecule has 0 radical (unpaired) electrons. The van der Waals surface area contributed by atoms with Crippen molar-refractivity contribution in [2.24, 2.45) is 0 Å². The monoisotopic (exact) mass is 314 g/mol. The lowest BCUT2D eigenvalue weighted by molar-refractivity contribution is -0.385. The zero-order valence-corrected chi connectivity index (χ0v) is 12.2. The average molecular weight is 315 g/mol. The van der Waals surface area contributed by atoms with Crippen LogP contribution in [-0.4, -0.2) is 30.0 Å². The topological polar surface area (TPSA) is 98.5 Å². The average Bonchev–Trinajstić information content (AvgIpc) is 2.43. The lowest BCUT2D eigenvalue weighted by Crippen LogP contribution is -2.25. The molecule has 0 unspecified atom stereocenters. The van der Waals surface area contributed by atoms with Crippen LogP contribution in [0, 0.1) is 10.1 Å². The number of carbonyl (C=O) groups is 2. The number of benzene rings is 1. The highest BCUT2D eigenvalue weighted by molar-refractivity contribution is 6.33. The van der Waals surface area contributed by atoms with Crippen LogP contribution in [-0.2, 0) is 9.53 Å². The Bertz CT molecular complexity index is 547. The Labute approximate surface area is 126 Å². The number of nitrogens with one attached hydrogen (secondary N) is 1. The molecule has 0 saturated carbocycles. The number of hydrogen-bond acceptors (Lipinski definition) is 5. The highest BCUT2D eigenvalue weighted by atomic mass is 35.5. The molecule has 0 aromatic heterocycles. The Balaban J connectivity index is 2.59. The van der Waals surface area contributed by atoms with Gasteiger partial charge < -0.3 is 10.1 Å². The van der Waals surface area contributed by atoms with Crippen LogP contribution in [0.4, 0.5) is 5.69 Å². The third-order valence-corrected chi connectivity index (χ3v) is 2.87. The van der Waals surface area contributed by atoms with Gasteiger partial charge in [-0.05, 0) is 25.5 Å². The third-order valence-electron chi connectivity index (χ3n) is 2.56. The van der Waals surface area contributed by atoms with E-state index in [0.29, 0.717) is 13.0 Å². The first-order valence-electron chi connectivity index (χ1n) is 6.34. The van der Waals surface area contributed by atoms with Gasteiger partial charge in [-0.3, -0.25) is 19.7 Å². The fraction of sp³-hybridized carbons (Fsp3) is 0.385. The van der Waals surface area contributed by atoms with Gasteiger partial charge in [0.25, 0.3) is 5.91 Å². The molecule has 21 heavy (non-hydrogen) atoms. The summed E-state index contributed by atoms with van der Waals surface area (Å²) in [6.07, 6.45) is 0.560. The van der Waals surface area contributed by atoms with Gasteiger partial charge in [-0.25, -0.2) is 0 Å². The Morgan fingerprint density at radius 3 is 2.76 bits per heavy atom. The molecule has 1 N–H and O–H groups in total. The minimum Gasteiger partial charge on any atom is -0.466 e. The standard InChI is InChI=1S/C13H15ClN2O5/c1-2-21-11(17)7-4-8-15-13(18)9-5-3-6-10(14)12(9)16(19)20/h3,5-6H,2,4,7-8H2,1H3,(H,15,18). The molecule has 0 aliphatic heterocycles. The van der Waals surface area contributed by atoms with Gasteiger partial charge in [-0.2, -0.15) is 0 Å². The maximum atomic E-state index is 11.9.